The van der Waals surface area contributed by atoms with E-state index in [9.17, 15) is 14.9 Å². The van der Waals surface area contributed by atoms with Crippen LogP contribution in [0.4, 0.5) is 11.5 Å². The minimum absolute atomic E-state index is 0.0591. The van der Waals surface area contributed by atoms with Crippen LogP contribution in [0.3, 0.4) is 0 Å². The van der Waals surface area contributed by atoms with Crippen molar-refractivity contribution in [2.24, 2.45) is 0 Å². The molecule has 1 aromatic heterocycles. The first kappa shape index (κ1) is 20.2. The fourth-order valence-electron chi connectivity index (χ4n) is 2.38. The van der Waals surface area contributed by atoms with E-state index in [0.29, 0.717) is 17.1 Å². The SMILES string of the molecule is COc1ccc(C(C)(C)C)cc1NC(=O)COc1ccc(C)nc1[N+](=O)[O-]. The molecule has 0 unspecified atom stereocenters. The lowest BCUT2D eigenvalue weighted by Crippen LogP contribution is -2.21. The second-order valence-corrected chi connectivity index (χ2v) is 7.03. The number of pyridine rings is 1. The number of carbonyl (C=O) groups excluding carboxylic acids is 1. The Bertz CT molecular complexity index is 859. The van der Waals surface area contributed by atoms with Crippen LogP contribution in [0.1, 0.15) is 32.0 Å². The van der Waals surface area contributed by atoms with Crippen molar-refractivity contribution in [2.45, 2.75) is 33.1 Å². The van der Waals surface area contributed by atoms with Gasteiger partial charge in [0.15, 0.2) is 6.61 Å². The van der Waals surface area contributed by atoms with Crippen LogP contribution in [-0.4, -0.2) is 29.5 Å². The Kier molecular flexibility index (Phi) is 5.99. The molecule has 0 aliphatic carbocycles. The number of anilines is 1. The van der Waals surface area contributed by atoms with Crippen LogP contribution in [0.25, 0.3) is 0 Å². The van der Waals surface area contributed by atoms with Crippen LogP contribution in [0.15, 0.2) is 30.3 Å². The molecule has 0 bridgehead atoms. The summed E-state index contributed by atoms with van der Waals surface area (Å²) in [7, 11) is 1.51. The number of hydrogen-bond acceptors (Lipinski definition) is 6. The first-order chi connectivity index (χ1) is 12.6. The van der Waals surface area contributed by atoms with E-state index >= 15 is 0 Å². The molecule has 0 radical (unpaired) electrons. The normalized spacial score (nSPS) is 11.0. The zero-order chi connectivity index (χ0) is 20.2. The maximum absolute atomic E-state index is 12.3. The van der Waals surface area contributed by atoms with E-state index in [1.165, 1.54) is 13.2 Å². The number of nitro groups is 1. The predicted molar refractivity (Wildman–Crippen MR) is 101 cm³/mol. The van der Waals surface area contributed by atoms with Crippen molar-refractivity contribution in [1.29, 1.82) is 0 Å². The minimum atomic E-state index is -0.643. The molecule has 1 heterocycles. The highest BCUT2D eigenvalue weighted by molar-refractivity contribution is 5.93. The van der Waals surface area contributed by atoms with Gasteiger partial charge < -0.3 is 24.9 Å². The largest absolute Gasteiger partial charge is 0.495 e. The smallest absolute Gasteiger partial charge is 0.406 e. The van der Waals surface area contributed by atoms with Crippen molar-refractivity contribution in [3.05, 3.63) is 51.7 Å². The summed E-state index contributed by atoms with van der Waals surface area (Å²) >= 11 is 0. The Morgan fingerprint density at radius 2 is 1.89 bits per heavy atom. The van der Waals surface area contributed by atoms with Crippen LogP contribution in [0.2, 0.25) is 0 Å². The van der Waals surface area contributed by atoms with Crippen molar-refractivity contribution in [1.82, 2.24) is 4.98 Å². The van der Waals surface area contributed by atoms with Gasteiger partial charge in [-0.2, -0.15) is 0 Å². The highest BCUT2D eigenvalue weighted by atomic mass is 16.6. The van der Waals surface area contributed by atoms with Gasteiger partial charge in [-0.1, -0.05) is 26.8 Å². The topological polar surface area (TPSA) is 104 Å². The highest BCUT2D eigenvalue weighted by Gasteiger charge is 2.20. The number of nitrogens with one attached hydrogen (secondary N) is 1. The van der Waals surface area contributed by atoms with Crippen LogP contribution >= 0.6 is 0 Å². The second kappa shape index (κ2) is 8.03. The first-order valence-corrected chi connectivity index (χ1v) is 8.35. The Labute approximate surface area is 157 Å². The number of benzene rings is 1. The third kappa shape index (κ3) is 5.16. The quantitative estimate of drug-likeness (QED) is 0.613. The first-order valence-electron chi connectivity index (χ1n) is 8.35. The van der Waals surface area contributed by atoms with Gasteiger partial charge in [0.2, 0.25) is 5.75 Å². The van der Waals surface area contributed by atoms with Gasteiger partial charge in [0.25, 0.3) is 5.91 Å². The summed E-state index contributed by atoms with van der Waals surface area (Å²) in [5.74, 6) is -0.431. The molecule has 1 amide bonds. The molecule has 1 N–H and O–H groups in total. The number of amides is 1. The summed E-state index contributed by atoms with van der Waals surface area (Å²) in [6, 6.07) is 8.56. The molecule has 1 aromatic carbocycles. The number of aryl methyl sites for hydroxylation is 1. The molecule has 144 valence electrons. The maximum atomic E-state index is 12.3. The second-order valence-electron chi connectivity index (χ2n) is 7.03. The molecule has 0 aliphatic heterocycles. The average molecular weight is 373 g/mol. The molecule has 0 aliphatic rings. The minimum Gasteiger partial charge on any atom is -0.495 e. The van der Waals surface area contributed by atoms with Crippen molar-refractivity contribution >= 4 is 17.4 Å². The number of methoxy groups -OCH3 is 1. The van der Waals surface area contributed by atoms with Crippen LogP contribution in [0.5, 0.6) is 11.5 Å². The average Bonchev–Trinajstić information content (AvgIpc) is 2.59. The molecular weight excluding hydrogens is 350 g/mol. The van der Waals surface area contributed by atoms with E-state index < -0.39 is 23.3 Å². The number of ether oxygens (including phenoxy) is 2. The standard InChI is InChI=1S/C19H23N3O5/c1-12-6-8-16(18(20-12)22(24)25)27-11-17(23)21-14-10-13(19(2,3)4)7-9-15(14)26-5/h6-10H,11H2,1-5H3,(H,21,23). The van der Waals surface area contributed by atoms with Crippen molar-refractivity contribution in [2.75, 3.05) is 19.0 Å². The van der Waals surface area contributed by atoms with Gasteiger partial charge >= 0.3 is 5.82 Å². The molecule has 2 aromatic rings. The van der Waals surface area contributed by atoms with Crippen LogP contribution in [-0.2, 0) is 10.2 Å². The zero-order valence-electron chi connectivity index (χ0n) is 16.0. The fraction of sp³-hybridized carbons (Fsp3) is 0.368. The summed E-state index contributed by atoms with van der Waals surface area (Å²) in [5, 5.41) is 13.8. The third-order valence-corrected chi connectivity index (χ3v) is 3.85. The summed E-state index contributed by atoms with van der Waals surface area (Å²) in [6.45, 7) is 7.43. The zero-order valence-corrected chi connectivity index (χ0v) is 16.0. The lowest BCUT2D eigenvalue weighted by Gasteiger charge is -2.21. The molecule has 8 heteroatoms. The Morgan fingerprint density at radius 1 is 1.22 bits per heavy atom. The van der Waals surface area contributed by atoms with Gasteiger partial charge in [-0.3, -0.25) is 4.79 Å². The highest BCUT2D eigenvalue weighted by Crippen LogP contribution is 2.31. The molecule has 27 heavy (non-hydrogen) atoms. The van der Waals surface area contributed by atoms with E-state index in [0.717, 1.165) is 5.56 Å². The number of aromatic nitrogens is 1. The molecule has 0 atom stereocenters. The summed E-state index contributed by atoms with van der Waals surface area (Å²) in [5.41, 5.74) is 1.92. The summed E-state index contributed by atoms with van der Waals surface area (Å²) < 4.78 is 10.6. The van der Waals surface area contributed by atoms with Crippen molar-refractivity contribution in [3.63, 3.8) is 0 Å². The molecule has 0 fully saturated rings. The Balaban J connectivity index is 2.14. The Hall–Kier alpha value is -3.16. The number of rotatable bonds is 6. The van der Waals surface area contributed by atoms with Gasteiger partial charge in [-0.05, 0) is 45.2 Å². The van der Waals surface area contributed by atoms with Crippen LogP contribution in [0, 0.1) is 17.0 Å². The van der Waals surface area contributed by atoms with Gasteiger partial charge in [0.1, 0.15) is 11.4 Å². The summed E-state index contributed by atoms with van der Waals surface area (Å²) in [4.78, 5) is 26.5. The number of carbonyl (C=O) groups is 1. The van der Waals surface area contributed by atoms with Crippen molar-refractivity contribution in [3.8, 4) is 11.5 Å². The lowest BCUT2D eigenvalue weighted by molar-refractivity contribution is -0.390. The number of nitrogens with zero attached hydrogens (tertiary/aromatic N) is 2. The molecule has 2 rings (SSSR count). The molecule has 0 saturated carbocycles. The fourth-order valence-corrected chi connectivity index (χ4v) is 2.38. The Morgan fingerprint density at radius 3 is 2.48 bits per heavy atom. The van der Waals surface area contributed by atoms with Gasteiger partial charge in [0, 0.05) is 6.92 Å². The third-order valence-electron chi connectivity index (χ3n) is 3.85. The monoisotopic (exact) mass is 373 g/mol. The van der Waals surface area contributed by atoms with Gasteiger partial charge in [-0.15, -0.1) is 0 Å². The van der Waals surface area contributed by atoms with E-state index in [1.54, 1.807) is 19.1 Å². The maximum Gasteiger partial charge on any atom is 0.406 e. The van der Waals surface area contributed by atoms with E-state index in [-0.39, 0.29) is 11.2 Å². The van der Waals surface area contributed by atoms with E-state index in [4.69, 9.17) is 9.47 Å². The molecular formula is C19H23N3O5. The van der Waals surface area contributed by atoms with Gasteiger partial charge in [-0.25, -0.2) is 0 Å². The molecule has 8 nitrogen and oxygen atoms in total. The van der Waals surface area contributed by atoms with Crippen molar-refractivity contribution < 1.29 is 19.2 Å². The predicted octanol–water partition coefficient (Wildman–Crippen LogP) is 3.62. The lowest BCUT2D eigenvalue weighted by atomic mass is 9.87. The summed E-state index contributed by atoms with van der Waals surface area (Å²) in [6.07, 6.45) is 0. The van der Waals surface area contributed by atoms with Crippen LogP contribution < -0.4 is 14.8 Å². The van der Waals surface area contributed by atoms with E-state index in [1.807, 2.05) is 12.1 Å². The van der Waals surface area contributed by atoms with Gasteiger partial charge in [0.05, 0.1) is 12.8 Å². The molecule has 0 spiro atoms. The molecule has 0 saturated heterocycles. The van der Waals surface area contributed by atoms with E-state index in [2.05, 4.69) is 31.1 Å². The number of hydrogen-bond donors (Lipinski definition) is 1.